The quantitative estimate of drug-likeness (QED) is 0.894. The van der Waals surface area contributed by atoms with Crippen LogP contribution in [0.25, 0.3) is 0 Å². The first-order chi connectivity index (χ1) is 9.92. The van der Waals surface area contributed by atoms with Gasteiger partial charge in [-0.1, -0.05) is 54.1 Å². The van der Waals surface area contributed by atoms with Gasteiger partial charge in [0.15, 0.2) is 0 Å². The molecule has 3 nitrogen and oxygen atoms in total. The molecule has 0 fully saturated rings. The topological polar surface area (TPSA) is 32.3 Å². The van der Waals surface area contributed by atoms with E-state index >= 15 is 0 Å². The average Bonchev–Trinajstić information content (AvgIpc) is 2.47. The van der Waals surface area contributed by atoms with Crippen molar-refractivity contribution in [3.05, 3.63) is 65.2 Å². The maximum atomic E-state index is 12.4. The van der Waals surface area contributed by atoms with E-state index in [1.807, 2.05) is 62.4 Å². The molecular weight excluding hydrogens is 284 g/mol. The zero-order chi connectivity index (χ0) is 15.5. The van der Waals surface area contributed by atoms with Crippen LogP contribution < -0.4 is 10.2 Å². The fraction of sp³-hybridized carbons (Fsp3) is 0.235. The van der Waals surface area contributed by atoms with Gasteiger partial charge in [0.1, 0.15) is 0 Å². The lowest BCUT2D eigenvalue weighted by atomic mass is 9.94. The molecule has 1 N–H and O–H groups in total. The second kappa shape index (κ2) is 6.19. The number of halogens is 1. The number of urea groups is 1. The third-order valence-corrected chi connectivity index (χ3v) is 3.75. The predicted molar refractivity (Wildman–Crippen MR) is 87.9 cm³/mol. The lowest BCUT2D eigenvalue weighted by molar-refractivity contribution is 0.237. The Kier molecular flexibility index (Phi) is 4.53. The number of carbonyl (C=O) groups excluding carboxylic acids is 1. The summed E-state index contributed by atoms with van der Waals surface area (Å²) < 4.78 is 0. The predicted octanol–water partition coefficient (Wildman–Crippen LogP) is 4.42. The normalized spacial score (nSPS) is 11.0. The number of rotatable bonds is 3. The van der Waals surface area contributed by atoms with Crippen LogP contribution in [0, 0.1) is 0 Å². The van der Waals surface area contributed by atoms with Crippen LogP contribution in [0.4, 0.5) is 10.5 Å². The molecule has 2 rings (SSSR count). The van der Waals surface area contributed by atoms with Gasteiger partial charge >= 0.3 is 6.03 Å². The molecule has 0 aliphatic carbocycles. The Morgan fingerprint density at radius 2 is 1.62 bits per heavy atom. The highest BCUT2D eigenvalue weighted by atomic mass is 35.5. The largest absolute Gasteiger partial charge is 0.329 e. The summed E-state index contributed by atoms with van der Waals surface area (Å²) >= 11 is 6.13. The molecule has 0 aliphatic rings. The summed E-state index contributed by atoms with van der Waals surface area (Å²) in [6, 6.07) is 16.9. The smallest absolute Gasteiger partial charge is 0.322 e. The number of nitrogens with one attached hydrogen (secondary N) is 1. The molecular formula is C17H19ClN2O. The number of benzene rings is 2. The molecule has 110 valence electrons. The maximum Gasteiger partial charge on any atom is 0.322 e. The summed E-state index contributed by atoms with van der Waals surface area (Å²) in [7, 11) is 1.71. The van der Waals surface area contributed by atoms with Crippen LogP contribution in [0.2, 0.25) is 5.02 Å². The Morgan fingerprint density at radius 1 is 1.05 bits per heavy atom. The van der Waals surface area contributed by atoms with Gasteiger partial charge in [0.2, 0.25) is 0 Å². The molecule has 0 spiro atoms. The Bertz CT molecular complexity index is 626. The van der Waals surface area contributed by atoms with E-state index < -0.39 is 5.54 Å². The van der Waals surface area contributed by atoms with Gasteiger partial charge in [-0.2, -0.15) is 0 Å². The van der Waals surface area contributed by atoms with Crippen molar-refractivity contribution >= 4 is 23.3 Å². The number of nitrogens with zero attached hydrogens (tertiary/aromatic N) is 1. The molecule has 0 radical (unpaired) electrons. The van der Waals surface area contributed by atoms with Crippen molar-refractivity contribution in [2.75, 3.05) is 11.9 Å². The lowest BCUT2D eigenvalue weighted by Crippen LogP contribution is -2.47. The van der Waals surface area contributed by atoms with Crippen LogP contribution in [0.3, 0.4) is 0 Å². The van der Waals surface area contributed by atoms with Crippen molar-refractivity contribution in [3.63, 3.8) is 0 Å². The van der Waals surface area contributed by atoms with Gasteiger partial charge in [0, 0.05) is 7.05 Å². The lowest BCUT2D eigenvalue weighted by Gasteiger charge is -2.30. The zero-order valence-electron chi connectivity index (χ0n) is 12.4. The van der Waals surface area contributed by atoms with Gasteiger partial charge < -0.3 is 5.32 Å². The third-order valence-electron chi connectivity index (χ3n) is 3.43. The van der Waals surface area contributed by atoms with Crippen molar-refractivity contribution in [2.45, 2.75) is 19.4 Å². The summed E-state index contributed by atoms with van der Waals surface area (Å²) in [5.74, 6) is 0. The number of hydrogen-bond acceptors (Lipinski definition) is 1. The first-order valence-electron chi connectivity index (χ1n) is 6.78. The highest BCUT2D eigenvalue weighted by molar-refractivity contribution is 6.33. The molecule has 0 bridgehead atoms. The average molecular weight is 303 g/mol. The molecule has 0 aliphatic heterocycles. The fourth-order valence-corrected chi connectivity index (χ4v) is 2.37. The summed E-state index contributed by atoms with van der Waals surface area (Å²) in [6.07, 6.45) is 0. The van der Waals surface area contributed by atoms with E-state index in [0.29, 0.717) is 10.7 Å². The van der Waals surface area contributed by atoms with Crippen molar-refractivity contribution in [1.82, 2.24) is 5.32 Å². The third kappa shape index (κ3) is 3.56. The minimum atomic E-state index is -0.464. The molecule has 4 heteroatoms. The zero-order valence-corrected chi connectivity index (χ0v) is 13.2. The Labute approximate surface area is 130 Å². The van der Waals surface area contributed by atoms with E-state index in [1.54, 1.807) is 13.1 Å². The van der Waals surface area contributed by atoms with Crippen LogP contribution in [-0.4, -0.2) is 13.1 Å². The highest BCUT2D eigenvalue weighted by Gasteiger charge is 2.25. The SMILES string of the molecule is CN(C(=O)NC(C)(C)c1ccccc1)c1ccccc1Cl. The first-order valence-corrected chi connectivity index (χ1v) is 7.15. The van der Waals surface area contributed by atoms with E-state index in [4.69, 9.17) is 11.6 Å². The van der Waals surface area contributed by atoms with E-state index in [2.05, 4.69) is 5.32 Å². The van der Waals surface area contributed by atoms with Gasteiger partial charge in [-0.3, -0.25) is 4.90 Å². The van der Waals surface area contributed by atoms with E-state index in [9.17, 15) is 4.79 Å². The van der Waals surface area contributed by atoms with Crippen LogP contribution >= 0.6 is 11.6 Å². The van der Waals surface area contributed by atoms with Gasteiger partial charge in [-0.05, 0) is 31.5 Å². The van der Waals surface area contributed by atoms with Crippen LogP contribution in [-0.2, 0) is 5.54 Å². The van der Waals surface area contributed by atoms with Gasteiger partial charge in [0.05, 0.1) is 16.2 Å². The molecule has 21 heavy (non-hydrogen) atoms. The van der Waals surface area contributed by atoms with Crippen LogP contribution in [0.15, 0.2) is 54.6 Å². The molecule has 0 saturated carbocycles. The van der Waals surface area contributed by atoms with E-state index in [1.165, 1.54) is 4.90 Å². The van der Waals surface area contributed by atoms with Crippen molar-refractivity contribution in [2.24, 2.45) is 0 Å². The molecule has 0 aromatic heterocycles. The highest BCUT2D eigenvalue weighted by Crippen LogP contribution is 2.25. The second-order valence-corrected chi connectivity index (χ2v) is 5.84. The fourth-order valence-electron chi connectivity index (χ4n) is 2.11. The van der Waals surface area contributed by atoms with Gasteiger partial charge in [-0.15, -0.1) is 0 Å². The molecule has 0 atom stereocenters. The minimum absolute atomic E-state index is 0.197. The van der Waals surface area contributed by atoms with Crippen molar-refractivity contribution in [3.8, 4) is 0 Å². The number of carbonyl (C=O) groups is 1. The monoisotopic (exact) mass is 302 g/mol. The minimum Gasteiger partial charge on any atom is -0.329 e. The Morgan fingerprint density at radius 3 is 2.24 bits per heavy atom. The molecule has 2 amide bonds. The molecule has 2 aromatic rings. The Hall–Kier alpha value is -2.00. The molecule has 0 unspecified atom stereocenters. The van der Waals surface area contributed by atoms with Crippen molar-refractivity contribution < 1.29 is 4.79 Å². The number of amides is 2. The molecule has 0 saturated heterocycles. The number of para-hydroxylation sites is 1. The standard InChI is InChI=1S/C17H19ClN2O/c1-17(2,13-9-5-4-6-10-13)19-16(21)20(3)15-12-8-7-11-14(15)18/h4-12H,1-3H3,(H,19,21). The summed E-state index contributed by atoms with van der Waals surface area (Å²) in [6.45, 7) is 3.95. The summed E-state index contributed by atoms with van der Waals surface area (Å²) in [5.41, 5.74) is 1.26. The van der Waals surface area contributed by atoms with E-state index in [0.717, 1.165) is 5.56 Å². The number of anilines is 1. The maximum absolute atomic E-state index is 12.4. The summed E-state index contributed by atoms with van der Waals surface area (Å²) in [5, 5.41) is 3.58. The van der Waals surface area contributed by atoms with E-state index in [-0.39, 0.29) is 6.03 Å². The van der Waals surface area contributed by atoms with Crippen LogP contribution in [0.5, 0.6) is 0 Å². The van der Waals surface area contributed by atoms with Gasteiger partial charge in [-0.25, -0.2) is 4.79 Å². The molecule has 0 heterocycles. The van der Waals surface area contributed by atoms with Crippen molar-refractivity contribution in [1.29, 1.82) is 0 Å². The number of hydrogen-bond donors (Lipinski definition) is 1. The van der Waals surface area contributed by atoms with Crippen LogP contribution in [0.1, 0.15) is 19.4 Å². The Balaban J connectivity index is 2.16. The summed E-state index contributed by atoms with van der Waals surface area (Å²) in [4.78, 5) is 14.0. The first kappa shape index (κ1) is 15.4. The molecule has 2 aromatic carbocycles. The second-order valence-electron chi connectivity index (χ2n) is 5.43. The van der Waals surface area contributed by atoms with Gasteiger partial charge in [0.25, 0.3) is 0 Å².